The van der Waals surface area contributed by atoms with Gasteiger partial charge in [0.1, 0.15) is 0 Å². The Morgan fingerprint density at radius 1 is 1.22 bits per heavy atom. The Bertz CT molecular complexity index is 535. The second kappa shape index (κ2) is 9.39. The van der Waals surface area contributed by atoms with Gasteiger partial charge in [-0.1, -0.05) is 12.2 Å². The zero-order chi connectivity index (χ0) is 20.1. The van der Waals surface area contributed by atoms with Crippen LogP contribution in [0.1, 0.15) is 64.7 Å². The number of fused-ring (bicyclic) bond motifs is 1. The normalized spacial score (nSPS) is 36.9. The fraction of sp³-hybridized carbons (Fsp3) is 0.857. The molecule has 2 aliphatic carbocycles. The average molecular weight is 382 g/mol. The van der Waals surface area contributed by atoms with Gasteiger partial charge in [0, 0.05) is 20.2 Å². The second-order valence-electron chi connectivity index (χ2n) is 8.81. The molecular formula is C21H39N3O3. The largest absolute Gasteiger partial charge is 0.396 e. The highest BCUT2D eigenvalue weighted by Crippen LogP contribution is 2.54. The summed E-state index contributed by atoms with van der Waals surface area (Å²) >= 11 is 0. The highest BCUT2D eigenvalue weighted by Gasteiger charge is 2.54. The Morgan fingerprint density at radius 3 is 2.63 bits per heavy atom. The number of nitrogens with one attached hydrogen (secondary N) is 1. The number of hydrogen-bond donors (Lipinski definition) is 5. The lowest BCUT2D eigenvalue weighted by molar-refractivity contribution is -0.0642. The molecule has 0 aromatic heterocycles. The number of aliphatic hydroxyl groups is 3. The summed E-state index contributed by atoms with van der Waals surface area (Å²) in [5.74, 6) is 0.896. The number of guanidine groups is 1. The number of aliphatic hydroxyl groups excluding tert-OH is 1. The topological polar surface area (TPSA) is 111 Å². The first-order valence-electron chi connectivity index (χ1n) is 10.4. The summed E-state index contributed by atoms with van der Waals surface area (Å²) in [7, 11) is 1.64. The van der Waals surface area contributed by atoms with Gasteiger partial charge >= 0.3 is 0 Å². The first-order valence-corrected chi connectivity index (χ1v) is 10.4. The minimum Gasteiger partial charge on any atom is -0.396 e. The lowest BCUT2D eigenvalue weighted by Crippen LogP contribution is -2.44. The van der Waals surface area contributed by atoms with E-state index in [9.17, 15) is 10.2 Å². The van der Waals surface area contributed by atoms with E-state index in [1.807, 2.05) is 6.92 Å². The van der Waals surface area contributed by atoms with Gasteiger partial charge in [0.2, 0.25) is 0 Å². The van der Waals surface area contributed by atoms with Crippen molar-refractivity contribution in [3.05, 3.63) is 12.2 Å². The van der Waals surface area contributed by atoms with Crippen LogP contribution in [-0.2, 0) is 0 Å². The van der Waals surface area contributed by atoms with Crippen molar-refractivity contribution in [2.24, 2.45) is 28.5 Å². The maximum absolute atomic E-state index is 11.4. The Hall–Kier alpha value is -1.11. The molecule has 27 heavy (non-hydrogen) atoms. The number of hydrogen-bond acceptors (Lipinski definition) is 4. The molecule has 5 atom stereocenters. The Morgan fingerprint density at radius 2 is 1.96 bits per heavy atom. The molecule has 2 aliphatic rings. The van der Waals surface area contributed by atoms with Gasteiger partial charge in [-0.3, -0.25) is 4.99 Å². The number of aliphatic imine (C=N–C) groups is 1. The van der Waals surface area contributed by atoms with Crippen molar-refractivity contribution in [1.29, 1.82) is 0 Å². The standard InChI is InChI=1S/C21H39N3O3/c1-15(6-4-5-13-25)16-7-9-20(2,26)17-8-10-21(27,18(17)14-16)11-12-24-19(22)23-3/h16-18,25-27H,1,4-14H2,2-3H3,(H3,22,23,24). The third kappa shape index (κ3) is 5.46. The van der Waals surface area contributed by atoms with Gasteiger partial charge in [0.05, 0.1) is 11.2 Å². The monoisotopic (exact) mass is 381 g/mol. The lowest BCUT2D eigenvalue weighted by atomic mass is 9.74. The summed E-state index contributed by atoms with van der Waals surface area (Å²) in [6.45, 7) is 7.04. The number of nitrogens with two attached hydrogens (primary N) is 1. The first-order chi connectivity index (χ1) is 12.7. The molecule has 2 saturated carbocycles. The molecule has 0 aromatic carbocycles. The molecule has 0 amide bonds. The average Bonchev–Trinajstić information content (AvgIpc) is 2.87. The number of rotatable bonds is 8. The first kappa shape index (κ1) is 22.2. The van der Waals surface area contributed by atoms with Gasteiger partial charge in [-0.2, -0.15) is 0 Å². The molecule has 2 rings (SSSR count). The summed E-state index contributed by atoms with van der Waals surface area (Å²) in [5.41, 5.74) is 5.38. The van der Waals surface area contributed by atoms with E-state index in [2.05, 4.69) is 16.9 Å². The van der Waals surface area contributed by atoms with E-state index >= 15 is 0 Å². The van der Waals surface area contributed by atoms with Crippen molar-refractivity contribution in [3.63, 3.8) is 0 Å². The van der Waals surface area contributed by atoms with Crippen molar-refractivity contribution in [2.45, 2.75) is 75.9 Å². The van der Waals surface area contributed by atoms with Gasteiger partial charge < -0.3 is 26.4 Å². The van der Waals surface area contributed by atoms with Crippen LogP contribution in [0.2, 0.25) is 0 Å². The zero-order valence-corrected chi connectivity index (χ0v) is 17.1. The molecule has 0 radical (unpaired) electrons. The van der Waals surface area contributed by atoms with Crippen LogP contribution in [0.3, 0.4) is 0 Å². The van der Waals surface area contributed by atoms with Gasteiger partial charge in [0.15, 0.2) is 5.96 Å². The van der Waals surface area contributed by atoms with Crippen molar-refractivity contribution < 1.29 is 15.3 Å². The molecule has 0 saturated heterocycles. The van der Waals surface area contributed by atoms with Crippen molar-refractivity contribution in [1.82, 2.24) is 5.32 Å². The summed E-state index contributed by atoms with van der Waals surface area (Å²) in [6.07, 6.45) is 7.38. The number of unbranched alkanes of at least 4 members (excludes halogenated alkanes) is 1. The highest BCUT2D eigenvalue weighted by molar-refractivity contribution is 5.77. The molecule has 0 spiro atoms. The van der Waals surface area contributed by atoms with E-state index in [4.69, 9.17) is 10.8 Å². The van der Waals surface area contributed by atoms with Crippen LogP contribution in [-0.4, -0.2) is 52.7 Å². The SMILES string of the molecule is C=C(CCCCO)C1CCC(C)(O)C2CCC(O)(CCNC(N)=NC)C2C1. The van der Waals surface area contributed by atoms with Gasteiger partial charge in [-0.15, -0.1) is 0 Å². The van der Waals surface area contributed by atoms with Crippen LogP contribution in [0.25, 0.3) is 0 Å². The van der Waals surface area contributed by atoms with Crippen LogP contribution in [0.5, 0.6) is 0 Å². The predicted molar refractivity (Wildman–Crippen MR) is 109 cm³/mol. The Balaban J connectivity index is 2.09. The molecule has 6 nitrogen and oxygen atoms in total. The molecule has 6 N–H and O–H groups in total. The fourth-order valence-electron chi connectivity index (χ4n) is 5.21. The molecule has 0 heterocycles. The van der Waals surface area contributed by atoms with E-state index in [-0.39, 0.29) is 18.4 Å². The molecule has 5 unspecified atom stereocenters. The fourth-order valence-corrected chi connectivity index (χ4v) is 5.21. The molecule has 6 heteroatoms. The molecule has 0 aliphatic heterocycles. The Labute approximate surface area is 164 Å². The maximum Gasteiger partial charge on any atom is 0.188 e. The third-order valence-corrected chi connectivity index (χ3v) is 6.99. The van der Waals surface area contributed by atoms with Crippen LogP contribution >= 0.6 is 0 Å². The minimum absolute atomic E-state index is 0.0659. The third-order valence-electron chi connectivity index (χ3n) is 6.99. The smallest absolute Gasteiger partial charge is 0.188 e. The summed E-state index contributed by atoms with van der Waals surface area (Å²) in [4.78, 5) is 3.90. The van der Waals surface area contributed by atoms with E-state index in [0.717, 1.165) is 44.9 Å². The van der Waals surface area contributed by atoms with Crippen LogP contribution < -0.4 is 11.1 Å². The zero-order valence-electron chi connectivity index (χ0n) is 17.1. The van der Waals surface area contributed by atoms with Gasteiger partial charge in [-0.05, 0) is 82.5 Å². The van der Waals surface area contributed by atoms with Crippen molar-refractivity contribution in [3.8, 4) is 0 Å². The van der Waals surface area contributed by atoms with Crippen molar-refractivity contribution in [2.75, 3.05) is 20.2 Å². The maximum atomic E-state index is 11.4. The molecule has 0 bridgehead atoms. The van der Waals surface area contributed by atoms with Crippen LogP contribution in [0, 0.1) is 17.8 Å². The second-order valence-corrected chi connectivity index (χ2v) is 8.81. The summed E-state index contributed by atoms with van der Waals surface area (Å²) in [5, 5.41) is 34.6. The Kier molecular flexibility index (Phi) is 7.72. The number of nitrogens with zero attached hydrogens (tertiary/aromatic N) is 1. The van der Waals surface area contributed by atoms with Gasteiger partial charge in [0.25, 0.3) is 0 Å². The quantitative estimate of drug-likeness (QED) is 0.191. The van der Waals surface area contributed by atoms with E-state index in [1.165, 1.54) is 5.57 Å². The van der Waals surface area contributed by atoms with Gasteiger partial charge in [-0.25, -0.2) is 0 Å². The van der Waals surface area contributed by atoms with E-state index in [1.54, 1.807) is 7.05 Å². The van der Waals surface area contributed by atoms with Crippen LogP contribution in [0.15, 0.2) is 17.1 Å². The lowest BCUT2D eigenvalue weighted by Gasteiger charge is -2.37. The molecule has 156 valence electrons. The van der Waals surface area contributed by atoms with E-state index < -0.39 is 11.2 Å². The van der Waals surface area contributed by atoms with Crippen LogP contribution in [0.4, 0.5) is 0 Å². The van der Waals surface area contributed by atoms with E-state index in [0.29, 0.717) is 31.3 Å². The minimum atomic E-state index is -0.788. The summed E-state index contributed by atoms with van der Waals surface area (Å²) < 4.78 is 0. The summed E-state index contributed by atoms with van der Waals surface area (Å²) in [6, 6.07) is 0. The highest BCUT2D eigenvalue weighted by atomic mass is 16.3. The molecular weight excluding hydrogens is 342 g/mol. The molecule has 2 fully saturated rings. The predicted octanol–water partition coefficient (Wildman–Crippen LogP) is 1.94. The number of allylic oxidation sites excluding steroid dienone is 1. The molecule has 0 aromatic rings. The van der Waals surface area contributed by atoms with Crippen molar-refractivity contribution >= 4 is 5.96 Å².